The molecule has 1 atom stereocenters. The van der Waals surface area contributed by atoms with E-state index in [4.69, 9.17) is 9.84 Å². The van der Waals surface area contributed by atoms with Crippen molar-refractivity contribution in [1.29, 1.82) is 0 Å². The molecule has 1 aliphatic heterocycles. The van der Waals surface area contributed by atoms with Crippen LogP contribution in [0.4, 0.5) is 5.69 Å². The lowest BCUT2D eigenvalue weighted by Gasteiger charge is -2.00. The Hall–Kier alpha value is -1.71. The maximum absolute atomic E-state index is 10.6. The van der Waals surface area contributed by atoms with E-state index in [2.05, 4.69) is 5.32 Å². The molecule has 0 spiro atoms. The number of anilines is 1. The normalized spacial score (nSPS) is 18.7. The summed E-state index contributed by atoms with van der Waals surface area (Å²) in [7, 11) is 0. The van der Waals surface area contributed by atoms with E-state index in [0.29, 0.717) is 5.75 Å². The first-order chi connectivity index (χ1) is 6.16. The van der Waals surface area contributed by atoms with Gasteiger partial charge in [-0.1, -0.05) is 0 Å². The lowest BCUT2D eigenvalue weighted by atomic mass is 10.2. The Bertz CT molecular complexity index is 362. The fraction of sp³-hybridized carbons (Fsp3) is 0.222. The van der Waals surface area contributed by atoms with Gasteiger partial charge in [0.1, 0.15) is 5.75 Å². The van der Waals surface area contributed by atoms with E-state index in [0.717, 1.165) is 5.69 Å². The molecular formula is C9H9NO3. The summed E-state index contributed by atoms with van der Waals surface area (Å²) in [5.41, 5.74) is 1.01. The summed E-state index contributed by atoms with van der Waals surface area (Å²) in [5, 5.41) is 11.7. The molecule has 13 heavy (non-hydrogen) atoms. The van der Waals surface area contributed by atoms with E-state index in [9.17, 15) is 4.79 Å². The van der Waals surface area contributed by atoms with Gasteiger partial charge in [-0.05, 0) is 25.1 Å². The van der Waals surface area contributed by atoms with E-state index in [1.54, 1.807) is 12.1 Å². The molecular weight excluding hydrogens is 170 g/mol. The van der Waals surface area contributed by atoms with Gasteiger partial charge in [-0.2, -0.15) is 0 Å². The lowest BCUT2D eigenvalue weighted by Crippen LogP contribution is -2.13. The van der Waals surface area contributed by atoms with Gasteiger partial charge < -0.3 is 15.2 Å². The standard InChI is InChI=1S/C9H9NO3/c1-5-10-7-4-6(9(11)12)2-3-8(7)13-5/h2-5,10H,1H3,(H,11,12). The van der Waals surface area contributed by atoms with Crippen LogP contribution in [0.3, 0.4) is 0 Å². The Kier molecular flexibility index (Phi) is 1.62. The molecule has 0 aromatic heterocycles. The minimum Gasteiger partial charge on any atom is -0.478 e. The molecule has 0 bridgehead atoms. The first kappa shape index (κ1) is 7.91. The molecule has 0 saturated heterocycles. The molecule has 0 amide bonds. The third kappa shape index (κ3) is 1.30. The van der Waals surface area contributed by atoms with Gasteiger partial charge in [-0.3, -0.25) is 0 Å². The van der Waals surface area contributed by atoms with Gasteiger partial charge in [0.05, 0.1) is 11.3 Å². The van der Waals surface area contributed by atoms with E-state index in [1.807, 2.05) is 6.92 Å². The number of carbonyl (C=O) groups is 1. The maximum Gasteiger partial charge on any atom is 0.335 e. The van der Waals surface area contributed by atoms with Crippen molar-refractivity contribution in [3.05, 3.63) is 23.8 Å². The predicted octanol–water partition coefficient (Wildman–Crippen LogP) is 1.54. The Morgan fingerprint density at radius 3 is 3.08 bits per heavy atom. The third-order valence-electron chi connectivity index (χ3n) is 1.89. The fourth-order valence-corrected chi connectivity index (χ4v) is 1.32. The van der Waals surface area contributed by atoms with E-state index in [-0.39, 0.29) is 11.8 Å². The highest BCUT2D eigenvalue weighted by molar-refractivity contribution is 5.89. The summed E-state index contributed by atoms with van der Waals surface area (Å²) in [6, 6.07) is 4.76. The van der Waals surface area contributed by atoms with Crippen molar-refractivity contribution < 1.29 is 14.6 Å². The maximum atomic E-state index is 10.6. The average Bonchev–Trinajstić information content (AvgIpc) is 2.42. The second-order valence-corrected chi connectivity index (χ2v) is 2.92. The number of hydrogen-bond donors (Lipinski definition) is 2. The van der Waals surface area contributed by atoms with Gasteiger partial charge in [0.15, 0.2) is 6.23 Å². The summed E-state index contributed by atoms with van der Waals surface area (Å²) in [6.45, 7) is 1.86. The molecule has 4 nitrogen and oxygen atoms in total. The minimum atomic E-state index is -0.927. The number of aromatic carboxylic acids is 1. The fourth-order valence-electron chi connectivity index (χ4n) is 1.32. The summed E-state index contributed by atoms with van der Waals surface area (Å²) < 4.78 is 5.34. The second-order valence-electron chi connectivity index (χ2n) is 2.92. The number of benzene rings is 1. The number of hydrogen-bond acceptors (Lipinski definition) is 3. The highest BCUT2D eigenvalue weighted by Crippen LogP contribution is 2.32. The molecule has 1 unspecified atom stereocenters. The highest BCUT2D eigenvalue weighted by atomic mass is 16.5. The van der Waals surface area contributed by atoms with E-state index < -0.39 is 5.97 Å². The van der Waals surface area contributed by atoms with Crippen LogP contribution in [0.2, 0.25) is 0 Å². The van der Waals surface area contributed by atoms with Crippen molar-refractivity contribution in [2.75, 3.05) is 5.32 Å². The number of carboxylic acids is 1. The second kappa shape index (κ2) is 2.65. The zero-order valence-corrected chi connectivity index (χ0v) is 7.07. The molecule has 2 N–H and O–H groups in total. The van der Waals surface area contributed by atoms with E-state index >= 15 is 0 Å². The summed E-state index contributed by atoms with van der Waals surface area (Å²) in [5.74, 6) is -0.221. The number of carboxylic acid groups (broad SMARTS) is 1. The molecule has 0 fully saturated rings. The van der Waals surface area contributed by atoms with Crippen molar-refractivity contribution >= 4 is 11.7 Å². The molecule has 1 aromatic rings. The van der Waals surface area contributed by atoms with Crippen LogP contribution in [0.15, 0.2) is 18.2 Å². The minimum absolute atomic E-state index is 0.0842. The van der Waals surface area contributed by atoms with Crippen LogP contribution in [-0.4, -0.2) is 17.3 Å². The number of rotatable bonds is 1. The van der Waals surface area contributed by atoms with Gasteiger partial charge in [-0.25, -0.2) is 4.79 Å². The molecule has 1 aliphatic rings. The van der Waals surface area contributed by atoms with Crippen LogP contribution in [0.25, 0.3) is 0 Å². The SMILES string of the molecule is CC1Nc2cc(C(=O)O)ccc2O1. The Balaban J connectivity index is 2.40. The molecule has 4 heteroatoms. The van der Waals surface area contributed by atoms with Crippen LogP contribution in [0, 0.1) is 0 Å². The number of ether oxygens (including phenoxy) is 1. The third-order valence-corrected chi connectivity index (χ3v) is 1.89. The molecule has 0 aliphatic carbocycles. The Labute approximate surface area is 75.1 Å². The zero-order valence-electron chi connectivity index (χ0n) is 7.07. The van der Waals surface area contributed by atoms with Gasteiger partial charge in [0.2, 0.25) is 0 Å². The smallest absolute Gasteiger partial charge is 0.335 e. The first-order valence-electron chi connectivity index (χ1n) is 3.97. The highest BCUT2D eigenvalue weighted by Gasteiger charge is 2.18. The number of nitrogens with one attached hydrogen (secondary N) is 1. The largest absolute Gasteiger partial charge is 0.478 e. The van der Waals surface area contributed by atoms with Crippen molar-refractivity contribution in [1.82, 2.24) is 0 Å². The molecule has 1 heterocycles. The van der Waals surface area contributed by atoms with Gasteiger partial charge in [-0.15, -0.1) is 0 Å². The number of fused-ring (bicyclic) bond motifs is 1. The zero-order chi connectivity index (χ0) is 9.42. The van der Waals surface area contributed by atoms with Crippen molar-refractivity contribution in [3.8, 4) is 5.75 Å². The lowest BCUT2D eigenvalue weighted by molar-refractivity contribution is 0.0697. The monoisotopic (exact) mass is 179 g/mol. The van der Waals surface area contributed by atoms with Crippen molar-refractivity contribution in [2.45, 2.75) is 13.2 Å². The van der Waals surface area contributed by atoms with Crippen molar-refractivity contribution in [3.63, 3.8) is 0 Å². The quantitative estimate of drug-likeness (QED) is 0.686. The molecule has 0 radical (unpaired) electrons. The predicted molar refractivity (Wildman–Crippen MR) is 47.1 cm³/mol. The average molecular weight is 179 g/mol. The van der Waals surface area contributed by atoms with Crippen LogP contribution in [0.5, 0.6) is 5.75 Å². The van der Waals surface area contributed by atoms with Crippen molar-refractivity contribution in [2.24, 2.45) is 0 Å². The molecule has 1 aromatic carbocycles. The summed E-state index contributed by atoms with van der Waals surface area (Å²) in [4.78, 5) is 10.6. The van der Waals surface area contributed by atoms with Gasteiger partial charge in [0, 0.05) is 0 Å². The van der Waals surface area contributed by atoms with E-state index in [1.165, 1.54) is 6.07 Å². The topological polar surface area (TPSA) is 58.6 Å². The van der Waals surface area contributed by atoms with Crippen LogP contribution in [0.1, 0.15) is 17.3 Å². The first-order valence-corrected chi connectivity index (χ1v) is 3.97. The van der Waals surface area contributed by atoms with Gasteiger partial charge in [0.25, 0.3) is 0 Å². The summed E-state index contributed by atoms with van der Waals surface area (Å²) in [6.07, 6.45) is -0.0842. The Morgan fingerprint density at radius 1 is 1.62 bits per heavy atom. The van der Waals surface area contributed by atoms with Crippen LogP contribution < -0.4 is 10.1 Å². The van der Waals surface area contributed by atoms with Gasteiger partial charge >= 0.3 is 5.97 Å². The molecule has 2 rings (SSSR count). The molecule has 68 valence electrons. The molecule has 0 saturated carbocycles. The van der Waals surface area contributed by atoms with Crippen LogP contribution in [-0.2, 0) is 0 Å². The van der Waals surface area contributed by atoms with Crippen LogP contribution >= 0.6 is 0 Å². The summed E-state index contributed by atoms with van der Waals surface area (Å²) >= 11 is 0. The Morgan fingerprint density at radius 2 is 2.38 bits per heavy atom.